The number of aliphatic hydroxyl groups excluding tert-OH is 2. The van der Waals surface area contributed by atoms with Gasteiger partial charge in [0.2, 0.25) is 0 Å². The Labute approximate surface area is 98.0 Å². The molecule has 0 aromatic carbocycles. The molecule has 3 unspecified atom stereocenters. The van der Waals surface area contributed by atoms with E-state index in [1.54, 1.807) is 7.11 Å². The molecule has 96 valence electrons. The quantitative estimate of drug-likeness (QED) is 0.588. The monoisotopic (exact) mass is 231 g/mol. The molecule has 0 heterocycles. The number of hydrogen-bond donors (Lipinski definition) is 3. The van der Waals surface area contributed by atoms with Crippen LogP contribution >= 0.6 is 0 Å². The van der Waals surface area contributed by atoms with Crippen molar-refractivity contribution in [1.82, 2.24) is 5.32 Å². The molecule has 0 saturated heterocycles. The van der Waals surface area contributed by atoms with Gasteiger partial charge in [-0.1, -0.05) is 19.3 Å². The number of aliphatic hydroxyl groups is 2. The zero-order chi connectivity index (χ0) is 11.8. The molecular formula is C12H25NO3. The zero-order valence-electron chi connectivity index (χ0n) is 10.2. The summed E-state index contributed by atoms with van der Waals surface area (Å²) in [7, 11) is 1.59. The minimum absolute atomic E-state index is 0.206. The first-order valence-corrected chi connectivity index (χ1v) is 6.32. The summed E-state index contributed by atoms with van der Waals surface area (Å²) in [6, 6.07) is 0.206. The molecule has 1 aliphatic rings. The fourth-order valence-corrected chi connectivity index (χ4v) is 2.24. The Morgan fingerprint density at radius 1 is 1.31 bits per heavy atom. The topological polar surface area (TPSA) is 61.7 Å². The summed E-state index contributed by atoms with van der Waals surface area (Å²) in [6.07, 6.45) is 5.54. The summed E-state index contributed by atoms with van der Waals surface area (Å²) in [5.74, 6) is 0. The van der Waals surface area contributed by atoms with Crippen LogP contribution in [0.1, 0.15) is 38.5 Å². The molecule has 4 heteroatoms. The Kier molecular flexibility index (Phi) is 6.96. The first-order valence-electron chi connectivity index (χ1n) is 6.32. The lowest BCUT2D eigenvalue weighted by Gasteiger charge is -2.22. The van der Waals surface area contributed by atoms with Gasteiger partial charge in [-0.2, -0.15) is 0 Å². The van der Waals surface area contributed by atoms with Crippen molar-refractivity contribution in [2.24, 2.45) is 0 Å². The van der Waals surface area contributed by atoms with Crippen molar-refractivity contribution >= 4 is 0 Å². The molecule has 1 saturated carbocycles. The molecule has 3 atom stereocenters. The van der Waals surface area contributed by atoms with E-state index in [1.165, 1.54) is 12.8 Å². The van der Waals surface area contributed by atoms with Crippen molar-refractivity contribution < 1.29 is 14.9 Å². The van der Waals surface area contributed by atoms with Crippen LogP contribution in [0.5, 0.6) is 0 Å². The second kappa shape index (κ2) is 8.01. The fourth-order valence-electron chi connectivity index (χ4n) is 2.24. The van der Waals surface area contributed by atoms with E-state index in [1.807, 2.05) is 0 Å². The number of ether oxygens (including phenoxy) is 1. The molecule has 0 radical (unpaired) electrons. The lowest BCUT2D eigenvalue weighted by atomic mass is 10.1. The lowest BCUT2D eigenvalue weighted by molar-refractivity contribution is 0.0563. The van der Waals surface area contributed by atoms with E-state index < -0.39 is 6.10 Å². The van der Waals surface area contributed by atoms with Crippen molar-refractivity contribution in [2.75, 3.05) is 20.3 Å². The zero-order valence-corrected chi connectivity index (χ0v) is 10.2. The minimum Gasteiger partial charge on any atom is -0.392 e. The van der Waals surface area contributed by atoms with E-state index in [0.717, 1.165) is 25.8 Å². The highest BCUT2D eigenvalue weighted by Gasteiger charge is 2.20. The van der Waals surface area contributed by atoms with E-state index >= 15 is 0 Å². The van der Waals surface area contributed by atoms with Crippen molar-refractivity contribution in [2.45, 2.75) is 56.8 Å². The average Bonchev–Trinajstić information content (AvgIpc) is 2.45. The van der Waals surface area contributed by atoms with Gasteiger partial charge < -0.3 is 20.3 Å². The molecule has 0 spiro atoms. The Balaban J connectivity index is 2.14. The van der Waals surface area contributed by atoms with Gasteiger partial charge in [-0.3, -0.25) is 0 Å². The van der Waals surface area contributed by atoms with Gasteiger partial charge in [0.05, 0.1) is 18.8 Å². The Hall–Kier alpha value is -0.160. The third kappa shape index (κ3) is 5.25. The summed E-state index contributed by atoms with van der Waals surface area (Å²) in [5, 5.41) is 22.7. The van der Waals surface area contributed by atoms with Crippen molar-refractivity contribution in [3.8, 4) is 0 Å². The molecule has 1 fully saturated rings. The summed E-state index contributed by atoms with van der Waals surface area (Å²) < 4.78 is 4.86. The van der Waals surface area contributed by atoms with Crippen LogP contribution < -0.4 is 5.32 Å². The molecule has 4 nitrogen and oxygen atoms in total. The predicted octanol–water partition coefficient (Wildman–Crippen LogP) is 0.667. The van der Waals surface area contributed by atoms with E-state index in [9.17, 15) is 10.2 Å². The molecule has 0 bridgehead atoms. The largest absolute Gasteiger partial charge is 0.392 e. The number of nitrogens with one attached hydrogen (secondary N) is 1. The van der Waals surface area contributed by atoms with E-state index in [0.29, 0.717) is 13.0 Å². The van der Waals surface area contributed by atoms with Gasteiger partial charge in [-0.25, -0.2) is 0 Å². The van der Waals surface area contributed by atoms with Crippen LogP contribution in [0.25, 0.3) is 0 Å². The predicted molar refractivity (Wildman–Crippen MR) is 63.4 cm³/mol. The Morgan fingerprint density at radius 2 is 2.06 bits per heavy atom. The van der Waals surface area contributed by atoms with E-state index in [2.05, 4.69) is 5.32 Å². The summed E-state index contributed by atoms with van der Waals surface area (Å²) in [6.45, 7) is 1.13. The maximum atomic E-state index is 9.87. The molecule has 3 N–H and O–H groups in total. The van der Waals surface area contributed by atoms with Crippen LogP contribution in [-0.4, -0.2) is 48.7 Å². The second-order valence-electron chi connectivity index (χ2n) is 4.66. The third-order valence-corrected chi connectivity index (χ3v) is 3.22. The maximum absolute atomic E-state index is 9.87. The van der Waals surface area contributed by atoms with Crippen molar-refractivity contribution in [3.63, 3.8) is 0 Å². The van der Waals surface area contributed by atoms with Crippen molar-refractivity contribution in [1.29, 1.82) is 0 Å². The molecule has 0 amide bonds. The second-order valence-corrected chi connectivity index (χ2v) is 4.66. The number of rotatable bonds is 6. The SMILES string of the molecule is COCC(O)CCNC1CCCCCC1O. The van der Waals surface area contributed by atoms with Gasteiger partial charge >= 0.3 is 0 Å². The molecule has 0 aliphatic heterocycles. The van der Waals surface area contributed by atoms with Crippen LogP contribution in [-0.2, 0) is 4.74 Å². The normalized spacial score (nSPS) is 28.7. The Bertz CT molecular complexity index is 178. The van der Waals surface area contributed by atoms with E-state index in [4.69, 9.17) is 4.74 Å². The standard InChI is InChI=1S/C12H25NO3/c1-16-9-10(14)7-8-13-11-5-3-2-4-6-12(11)15/h10-15H,2-9H2,1H3. The van der Waals surface area contributed by atoms with Gasteiger partial charge in [0.1, 0.15) is 0 Å². The Morgan fingerprint density at radius 3 is 2.81 bits per heavy atom. The van der Waals surface area contributed by atoms with Gasteiger partial charge in [-0.05, 0) is 25.8 Å². The van der Waals surface area contributed by atoms with Crippen LogP contribution in [0.15, 0.2) is 0 Å². The third-order valence-electron chi connectivity index (χ3n) is 3.22. The maximum Gasteiger partial charge on any atom is 0.0785 e. The highest BCUT2D eigenvalue weighted by molar-refractivity contribution is 4.79. The van der Waals surface area contributed by atoms with Crippen LogP contribution in [0, 0.1) is 0 Å². The smallest absolute Gasteiger partial charge is 0.0785 e. The summed E-state index contributed by atoms with van der Waals surface area (Å²) in [4.78, 5) is 0. The van der Waals surface area contributed by atoms with E-state index in [-0.39, 0.29) is 12.1 Å². The minimum atomic E-state index is -0.402. The fraction of sp³-hybridized carbons (Fsp3) is 1.00. The number of methoxy groups -OCH3 is 1. The molecule has 1 rings (SSSR count). The molecule has 1 aliphatic carbocycles. The molecular weight excluding hydrogens is 206 g/mol. The molecule has 16 heavy (non-hydrogen) atoms. The van der Waals surface area contributed by atoms with Gasteiger partial charge in [-0.15, -0.1) is 0 Å². The lowest BCUT2D eigenvalue weighted by Crippen LogP contribution is -2.40. The number of hydrogen-bond acceptors (Lipinski definition) is 4. The highest BCUT2D eigenvalue weighted by Crippen LogP contribution is 2.17. The highest BCUT2D eigenvalue weighted by atomic mass is 16.5. The first-order chi connectivity index (χ1) is 7.74. The van der Waals surface area contributed by atoms with Crippen LogP contribution in [0.2, 0.25) is 0 Å². The van der Waals surface area contributed by atoms with Gasteiger partial charge in [0, 0.05) is 13.2 Å². The average molecular weight is 231 g/mol. The molecule has 0 aromatic heterocycles. The first kappa shape index (κ1) is 13.9. The van der Waals surface area contributed by atoms with Crippen molar-refractivity contribution in [3.05, 3.63) is 0 Å². The van der Waals surface area contributed by atoms with Crippen LogP contribution in [0.4, 0.5) is 0 Å². The van der Waals surface area contributed by atoms with Gasteiger partial charge in [0.25, 0.3) is 0 Å². The summed E-state index contributed by atoms with van der Waals surface area (Å²) in [5.41, 5.74) is 0. The molecule has 0 aromatic rings. The summed E-state index contributed by atoms with van der Waals surface area (Å²) >= 11 is 0. The van der Waals surface area contributed by atoms with Crippen LogP contribution in [0.3, 0.4) is 0 Å². The van der Waals surface area contributed by atoms with Gasteiger partial charge in [0.15, 0.2) is 0 Å².